The van der Waals surface area contributed by atoms with Crippen molar-refractivity contribution in [2.24, 2.45) is 0 Å². The minimum Gasteiger partial charge on any atom is -0.233 e. The third kappa shape index (κ3) is 1.34. The summed E-state index contributed by atoms with van der Waals surface area (Å²) in [5.74, 6) is 0. The van der Waals surface area contributed by atoms with Crippen LogP contribution in [0, 0.1) is 0 Å². The Morgan fingerprint density at radius 2 is 2.00 bits per heavy atom. The molecule has 1 heterocycles. The van der Waals surface area contributed by atoms with Crippen LogP contribution in [0.4, 0.5) is 5.69 Å². The molecular weight excluding hydrogens is 202 g/mol. The minimum absolute atomic E-state index is 0.549. The maximum Gasteiger partial charge on any atom is 0.511 e. The number of para-hydroxylation sites is 1. The number of benzene rings is 1. The number of rotatable bonds is 1. The van der Waals surface area contributed by atoms with Gasteiger partial charge in [0.05, 0.1) is 6.42 Å². The van der Waals surface area contributed by atoms with E-state index in [0.29, 0.717) is 17.8 Å². The van der Waals surface area contributed by atoms with Gasteiger partial charge >= 0.3 is 10.3 Å². The van der Waals surface area contributed by atoms with Crippen LogP contribution in [-0.4, -0.2) is 22.7 Å². The summed E-state index contributed by atoms with van der Waals surface area (Å²) in [6.07, 6.45) is 0.565. The fourth-order valence-corrected chi connectivity index (χ4v) is 2.62. The molecule has 14 heavy (non-hydrogen) atoms. The van der Waals surface area contributed by atoms with Crippen LogP contribution >= 0.6 is 0 Å². The molecule has 1 aliphatic rings. The first-order valence-corrected chi connectivity index (χ1v) is 5.58. The van der Waals surface area contributed by atoms with Crippen LogP contribution in [0.1, 0.15) is 12.5 Å². The zero-order valence-corrected chi connectivity index (χ0v) is 8.45. The lowest BCUT2D eigenvalue weighted by Gasteiger charge is -1.94. The fourth-order valence-electron chi connectivity index (χ4n) is 1.73. The average molecular weight is 212 g/mol. The van der Waals surface area contributed by atoms with Gasteiger partial charge in [-0.25, -0.2) is 4.55 Å². The molecule has 2 rings (SSSR count). The number of fused-ring (bicyclic) bond motifs is 1. The van der Waals surface area contributed by atoms with Crippen LogP contribution in [0.2, 0.25) is 0 Å². The van der Waals surface area contributed by atoms with Gasteiger partial charge in [0.1, 0.15) is 0 Å². The number of hydrogen-bond donors (Lipinski definition) is 1. The molecule has 5 heteroatoms. The Morgan fingerprint density at radius 3 is 2.64 bits per heavy atom. The van der Waals surface area contributed by atoms with E-state index in [2.05, 4.69) is 0 Å². The van der Waals surface area contributed by atoms with Gasteiger partial charge in [0.2, 0.25) is 5.69 Å². The molecule has 0 radical (unpaired) electrons. The van der Waals surface area contributed by atoms with E-state index in [0.717, 1.165) is 9.54 Å². The lowest BCUT2D eigenvalue weighted by atomic mass is 10.1. The van der Waals surface area contributed by atoms with Crippen molar-refractivity contribution in [1.29, 1.82) is 0 Å². The summed E-state index contributed by atoms with van der Waals surface area (Å²) in [5, 5.41) is 0. The Balaban J connectivity index is 2.69. The molecule has 0 saturated carbocycles. The summed E-state index contributed by atoms with van der Waals surface area (Å²) >= 11 is 0. The first-order chi connectivity index (χ1) is 6.50. The second-order valence-electron chi connectivity index (χ2n) is 3.28. The van der Waals surface area contributed by atoms with E-state index in [9.17, 15) is 8.42 Å². The Kier molecular flexibility index (Phi) is 1.94. The molecule has 0 spiro atoms. The monoisotopic (exact) mass is 212 g/mol. The van der Waals surface area contributed by atoms with E-state index in [4.69, 9.17) is 4.55 Å². The molecule has 0 atom stereocenters. The highest BCUT2D eigenvalue weighted by molar-refractivity contribution is 7.79. The summed E-state index contributed by atoms with van der Waals surface area (Å²) in [6.45, 7) is 1.69. The van der Waals surface area contributed by atoms with Gasteiger partial charge in [-0.3, -0.25) is 0 Å². The van der Waals surface area contributed by atoms with Crippen molar-refractivity contribution in [2.45, 2.75) is 13.3 Å². The third-order valence-corrected chi connectivity index (χ3v) is 3.20. The largest absolute Gasteiger partial charge is 0.511 e. The fraction of sp³-hybridized carbons (Fsp3) is 0.222. The molecule has 1 N–H and O–H groups in total. The van der Waals surface area contributed by atoms with Crippen LogP contribution in [0.25, 0.3) is 0 Å². The molecule has 0 fully saturated rings. The quantitative estimate of drug-likeness (QED) is 0.561. The second kappa shape index (κ2) is 2.90. The van der Waals surface area contributed by atoms with Crippen LogP contribution in [0.3, 0.4) is 0 Å². The first-order valence-electron chi connectivity index (χ1n) is 4.18. The molecule has 1 aromatic rings. The van der Waals surface area contributed by atoms with E-state index in [-0.39, 0.29) is 0 Å². The predicted molar refractivity (Wildman–Crippen MR) is 52.3 cm³/mol. The molecule has 0 amide bonds. The Labute approximate surface area is 82.4 Å². The van der Waals surface area contributed by atoms with Gasteiger partial charge in [0.15, 0.2) is 5.71 Å². The highest BCUT2D eigenvalue weighted by Gasteiger charge is 2.35. The molecule has 1 aliphatic heterocycles. The van der Waals surface area contributed by atoms with E-state index in [1.807, 2.05) is 12.1 Å². The zero-order chi connectivity index (χ0) is 10.3. The summed E-state index contributed by atoms with van der Waals surface area (Å²) in [4.78, 5) is 0. The van der Waals surface area contributed by atoms with Gasteiger partial charge in [-0.15, -0.1) is 8.42 Å². The van der Waals surface area contributed by atoms with Gasteiger partial charge in [0, 0.05) is 18.6 Å². The second-order valence-corrected chi connectivity index (χ2v) is 4.54. The zero-order valence-electron chi connectivity index (χ0n) is 7.64. The molecule has 0 aliphatic carbocycles. The molecular formula is C9H10NO3S+. The molecule has 0 bridgehead atoms. The van der Waals surface area contributed by atoms with E-state index in [1.54, 1.807) is 19.1 Å². The predicted octanol–water partition coefficient (Wildman–Crippen LogP) is 1.15. The standard InChI is InChI=1S/C9H9NO3S/c1-7-6-8-4-2-3-5-9(8)10(7)14(11,12)13/h2-5H,6H2,1H3/p+1. The number of hydrogen-bond acceptors (Lipinski definition) is 2. The van der Waals surface area contributed by atoms with E-state index < -0.39 is 10.3 Å². The average Bonchev–Trinajstić information content (AvgIpc) is 2.38. The Bertz CT molecular complexity index is 517. The first kappa shape index (κ1) is 9.36. The third-order valence-electron chi connectivity index (χ3n) is 2.23. The summed E-state index contributed by atoms with van der Waals surface area (Å²) in [6, 6.07) is 7.12. The van der Waals surface area contributed by atoms with Gasteiger partial charge in [-0.1, -0.05) is 22.2 Å². The maximum absolute atomic E-state index is 11.1. The van der Waals surface area contributed by atoms with Gasteiger partial charge in [-0.05, 0) is 0 Å². The van der Waals surface area contributed by atoms with Crippen molar-refractivity contribution >= 4 is 21.7 Å². The SMILES string of the molecule is CC1=[N+](S(=O)(=O)O)c2ccccc2C1. The highest BCUT2D eigenvalue weighted by atomic mass is 32.2. The van der Waals surface area contributed by atoms with Crippen LogP contribution in [-0.2, 0) is 16.7 Å². The minimum atomic E-state index is -4.17. The number of nitrogens with zero attached hydrogens (tertiary/aromatic N) is 1. The Morgan fingerprint density at radius 1 is 1.36 bits per heavy atom. The van der Waals surface area contributed by atoms with Crippen molar-refractivity contribution in [2.75, 3.05) is 0 Å². The van der Waals surface area contributed by atoms with E-state index in [1.165, 1.54) is 0 Å². The lowest BCUT2D eigenvalue weighted by molar-refractivity contribution is -0.270. The van der Waals surface area contributed by atoms with Gasteiger partial charge < -0.3 is 0 Å². The summed E-state index contributed by atoms with van der Waals surface area (Å²) in [7, 11) is -4.17. The molecule has 0 unspecified atom stereocenters. The molecule has 0 aromatic heterocycles. The molecule has 0 saturated heterocycles. The van der Waals surface area contributed by atoms with Crippen molar-refractivity contribution < 1.29 is 17.0 Å². The van der Waals surface area contributed by atoms with Crippen molar-refractivity contribution in [3.8, 4) is 0 Å². The van der Waals surface area contributed by atoms with Crippen molar-refractivity contribution in [1.82, 2.24) is 0 Å². The van der Waals surface area contributed by atoms with Gasteiger partial charge in [-0.2, -0.15) is 0 Å². The Hall–Kier alpha value is -1.20. The van der Waals surface area contributed by atoms with Crippen molar-refractivity contribution in [3.05, 3.63) is 29.8 Å². The van der Waals surface area contributed by atoms with Crippen molar-refractivity contribution in [3.63, 3.8) is 0 Å². The lowest BCUT2D eigenvalue weighted by Crippen LogP contribution is -2.18. The van der Waals surface area contributed by atoms with Crippen LogP contribution in [0.15, 0.2) is 24.3 Å². The smallest absolute Gasteiger partial charge is 0.233 e. The molecule has 74 valence electrons. The topological polar surface area (TPSA) is 57.4 Å². The van der Waals surface area contributed by atoms with Gasteiger partial charge in [0.25, 0.3) is 0 Å². The van der Waals surface area contributed by atoms with E-state index >= 15 is 0 Å². The highest BCUT2D eigenvalue weighted by Crippen LogP contribution is 2.27. The van der Waals surface area contributed by atoms with Crippen LogP contribution in [0.5, 0.6) is 0 Å². The normalized spacial score (nSPS) is 15.9. The summed E-state index contributed by atoms with van der Waals surface area (Å²) < 4.78 is 32.1. The molecule has 4 nitrogen and oxygen atoms in total. The van der Waals surface area contributed by atoms with Crippen LogP contribution < -0.4 is 0 Å². The summed E-state index contributed by atoms with van der Waals surface area (Å²) in [5.41, 5.74) is 2.09. The molecule has 1 aromatic carbocycles. The maximum atomic E-state index is 11.1.